The molecule has 0 atom stereocenters. The Morgan fingerprint density at radius 3 is 2.29 bits per heavy atom. The molecule has 0 spiro atoms. The van der Waals surface area contributed by atoms with Gasteiger partial charge in [-0.15, -0.1) is 23.5 Å². The molecule has 0 aromatic heterocycles. The summed E-state index contributed by atoms with van der Waals surface area (Å²) in [5.74, 6) is 2.03. The molecule has 1 heterocycles. The number of hydrogen-bond donors (Lipinski definition) is 0. The van der Waals surface area contributed by atoms with Crippen LogP contribution in [0.25, 0.3) is 0 Å². The zero-order valence-corrected chi connectivity index (χ0v) is 11.7. The molecule has 0 amide bonds. The highest BCUT2D eigenvalue weighted by atomic mass is 32.2. The summed E-state index contributed by atoms with van der Waals surface area (Å²) >= 11 is 3.52. The highest BCUT2D eigenvalue weighted by Gasteiger charge is 2.39. The average Bonchev–Trinajstić information content (AvgIpc) is 2.40. The Bertz CT molecular complexity index is 403. The molecule has 2 rings (SSSR count). The topological polar surface area (TPSA) is 27.0 Å². The largest absolute Gasteiger partial charge is 0.305 e. The summed E-state index contributed by atoms with van der Waals surface area (Å²) in [6.07, 6.45) is 0. The van der Waals surface area contributed by atoms with Gasteiger partial charge in [0.1, 0.15) is 0 Å². The van der Waals surface area contributed by atoms with E-state index >= 15 is 0 Å². The zero-order valence-electron chi connectivity index (χ0n) is 10.1. The van der Waals surface area contributed by atoms with Crippen LogP contribution in [0.4, 0.5) is 0 Å². The van der Waals surface area contributed by atoms with Crippen molar-refractivity contribution in [3.8, 4) is 6.07 Å². The molecule has 0 N–H and O–H groups in total. The van der Waals surface area contributed by atoms with Gasteiger partial charge in [-0.1, -0.05) is 30.3 Å². The Labute approximate surface area is 111 Å². The standard InChI is InChI=1S/C13H16N2S2/c1-15(2)12-8-16-13(10-14,17-9-12)11-6-4-3-5-7-11/h3-7,12H,8-9H2,1-2H3. The molecule has 0 aliphatic carbocycles. The number of nitriles is 1. The Kier molecular flexibility index (Phi) is 4.03. The molecule has 17 heavy (non-hydrogen) atoms. The van der Waals surface area contributed by atoms with Gasteiger partial charge in [0.25, 0.3) is 0 Å². The van der Waals surface area contributed by atoms with Gasteiger partial charge >= 0.3 is 0 Å². The van der Waals surface area contributed by atoms with Crippen LogP contribution in [0, 0.1) is 11.3 Å². The first-order valence-corrected chi connectivity index (χ1v) is 7.56. The van der Waals surface area contributed by atoms with Crippen LogP contribution >= 0.6 is 23.5 Å². The minimum atomic E-state index is -0.409. The molecule has 0 radical (unpaired) electrons. The van der Waals surface area contributed by atoms with E-state index < -0.39 is 4.08 Å². The highest BCUT2D eigenvalue weighted by molar-refractivity contribution is 8.18. The van der Waals surface area contributed by atoms with Crippen LogP contribution in [0.2, 0.25) is 0 Å². The summed E-state index contributed by atoms with van der Waals surface area (Å²) in [4.78, 5) is 2.24. The second-order valence-corrected chi connectivity index (χ2v) is 7.06. The normalized spacial score (nSPS) is 28.9. The molecule has 1 aromatic rings. The molecule has 1 aliphatic heterocycles. The molecule has 1 saturated heterocycles. The van der Waals surface area contributed by atoms with Crippen LogP contribution < -0.4 is 0 Å². The molecule has 4 heteroatoms. The molecule has 0 unspecified atom stereocenters. The molecule has 0 bridgehead atoms. The quantitative estimate of drug-likeness (QED) is 0.821. The van der Waals surface area contributed by atoms with E-state index in [1.165, 1.54) is 0 Å². The van der Waals surface area contributed by atoms with Crippen molar-refractivity contribution in [3.63, 3.8) is 0 Å². The molecule has 0 saturated carbocycles. The van der Waals surface area contributed by atoms with Crippen molar-refractivity contribution in [1.29, 1.82) is 5.26 Å². The summed E-state index contributed by atoms with van der Waals surface area (Å²) < 4.78 is -0.409. The third-order valence-corrected chi connectivity index (χ3v) is 6.27. The van der Waals surface area contributed by atoms with Crippen LogP contribution in [0.5, 0.6) is 0 Å². The van der Waals surface area contributed by atoms with E-state index in [-0.39, 0.29) is 0 Å². The lowest BCUT2D eigenvalue weighted by Crippen LogP contribution is -2.38. The molecular formula is C13H16N2S2. The van der Waals surface area contributed by atoms with Crippen molar-refractivity contribution in [1.82, 2.24) is 4.90 Å². The van der Waals surface area contributed by atoms with Crippen molar-refractivity contribution >= 4 is 23.5 Å². The molecule has 1 aromatic carbocycles. The van der Waals surface area contributed by atoms with E-state index in [0.717, 1.165) is 17.1 Å². The van der Waals surface area contributed by atoms with E-state index in [0.29, 0.717) is 6.04 Å². The van der Waals surface area contributed by atoms with Crippen LogP contribution in [-0.2, 0) is 4.08 Å². The minimum Gasteiger partial charge on any atom is -0.305 e. The van der Waals surface area contributed by atoms with Gasteiger partial charge in [0.05, 0.1) is 6.07 Å². The predicted molar refractivity (Wildman–Crippen MR) is 76.1 cm³/mol. The average molecular weight is 264 g/mol. The fourth-order valence-electron chi connectivity index (χ4n) is 1.77. The Morgan fingerprint density at radius 1 is 1.24 bits per heavy atom. The minimum absolute atomic E-state index is 0.409. The smallest absolute Gasteiger partial charge is 0.173 e. The molecule has 1 fully saturated rings. The maximum Gasteiger partial charge on any atom is 0.173 e. The number of thioether (sulfide) groups is 2. The van der Waals surface area contributed by atoms with Gasteiger partial charge in [-0.25, -0.2) is 0 Å². The monoisotopic (exact) mass is 264 g/mol. The maximum absolute atomic E-state index is 9.51. The van der Waals surface area contributed by atoms with Crippen molar-refractivity contribution in [2.75, 3.05) is 25.6 Å². The van der Waals surface area contributed by atoms with Gasteiger partial charge in [-0.2, -0.15) is 5.26 Å². The lowest BCUT2D eigenvalue weighted by molar-refractivity contribution is 0.343. The van der Waals surface area contributed by atoms with Crippen molar-refractivity contribution in [2.45, 2.75) is 10.1 Å². The Morgan fingerprint density at radius 2 is 1.82 bits per heavy atom. The predicted octanol–water partition coefficient (Wildman–Crippen LogP) is 2.77. The fraction of sp³-hybridized carbons (Fsp3) is 0.462. The summed E-state index contributed by atoms with van der Waals surface area (Å²) in [5.41, 5.74) is 1.12. The first-order valence-electron chi connectivity index (χ1n) is 5.59. The highest BCUT2D eigenvalue weighted by Crippen LogP contribution is 2.50. The molecule has 90 valence electrons. The zero-order chi connectivity index (χ0) is 12.3. The molecular weight excluding hydrogens is 248 g/mol. The number of nitrogens with zero attached hydrogens (tertiary/aromatic N) is 2. The van der Waals surface area contributed by atoms with Gasteiger partial charge in [0, 0.05) is 17.5 Å². The lowest BCUT2D eigenvalue weighted by Gasteiger charge is -2.36. The molecule has 1 aliphatic rings. The van der Waals surface area contributed by atoms with Gasteiger partial charge in [0.2, 0.25) is 0 Å². The van der Waals surface area contributed by atoms with Crippen LogP contribution in [-0.4, -0.2) is 36.5 Å². The summed E-state index contributed by atoms with van der Waals surface area (Å²) in [6, 6.07) is 13.2. The van der Waals surface area contributed by atoms with E-state index in [1.54, 1.807) is 23.5 Å². The summed E-state index contributed by atoms with van der Waals surface area (Å²) in [7, 11) is 4.21. The van der Waals surface area contributed by atoms with E-state index in [1.807, 2.05) is 18.2 Å². The number of hydrogen-bond acceptors (Lipinski definition) is 4. The summed E-state index contributed by atoms with van der Waals surface area (Å²) in [5, 5.41) is 9.51. The Balaban J connectivity index is 2.17. The second-order valence-electron chi connectivity index (χ2n) is 4.33. The van der Waals surface area contributed by atoms with Crippen LogP contribution in [0.3, 0.4) is 0 Å². The Hall–Kier alpha value is -0.630. The first kappa shape index (κ1) is 12.8. The summed E-state index contributed by atoms with van der Waals surface area (Å²) in [6.45, 7) is 0. The molecule has 2 nitrogen and oxygen atoms in total. The van der Waals surface area contributed by atoms with Crippen LogP contribution in [0.1, 0.15) is 5.56 Å². The third-order valence-electron chi connectivity index (χ3n) is 2.99. The van der Waals surface area contributed by atoms with Gasteiger partial charge < -0.3 is 4.90 Å². The lowest BCUT2D eigenvalue weighted by atomic mass is 10.1. The van der Waals surface area contributed by atoms with Crippen LogP contribution in [0.15, 0.2) is 30.3 Å². The fourth-order valence-corrected chi connectivity index (χ4v) is 5.08. The van der Waals surface area contributed by atoms with Gasteiger partial charge in [0.15, 0.2) is 4.08 Å². The number of benzene rings is 1. The van der Waals surface area contributed by atoms with E-state index in [2.05, 4.69) is 37.2 Å². The maximum atomic E-state index is 9.51. The third kappa shape index (κ3) is 2.62. The SMILES string of the molecule is CN(C)C1CSC(C#N)(c2ccccc2)SC1. The van der Waals surface area contributed by atoms with Gasteiger partial charge in [-0.3, -0.25) is 0 Å². The first-order chi connectivity index (χ1) is 8.18. The van der Waals surface area contributed by atoms with Crippen molar-refractivity contribution in [3.05, 3.63) is 35.9 Å². The van der Waals surface area contributed by atoms with Crippen molar-refractivity contribution < 1.29 is 0 Å². The van der Waals surface area contributed by atoms with Crippen molar-refractivity contribution in [2.24, 2.45) is 0 Å². The van der Waals surface area contributed by atoms with E-state index in [9.17, 15) is 5.26 Å². The van der Waals surface area contributed by atoms with E-state index in [4.69, 9.17) is 0 Å². The van der Waals surface area contributed by atoms with Gasteiger partial charge in [-0.05, 0) is 19.7 Å². The number of rotatable bonds is 2. The second kappa shape index (κ2) is 5.34.